The highest BCUT2D eigenvalue weighted by atomic mass is 16.7. The molecule has 0 aromatic heterocycles. The molecule has 0 saturated carbocycles. The number of nitrogens with two attached hydrogens (primary N) is 1. The molecule has 1 aromatic rings. The summed E-state index contributed by atoms with van der Waals surface area (Å²) in [4.78, 5) is 14.1. The van der Waals surface area contributed by atoms with Gasteiger partial charge in [-0.3, -0.25) is 0 Å². The van der Waals surface area contributed by atoms with E-state index < -0.39 is 12.7 Å². The number of nitrogens with zero attached hydrogens (tertiary/aromatic N) is 1. The van der Waals surface area contributed by atoms with Crippen LogP contribution in [-0.4, -0.2) is 48.0 Å². The van der Waals surface area contributed by atoms with Crippen molar-refractivity contribution < 1.29 is 18.8 Å². The molecule has 2 N–H and O–H groups in total. The van der Waals surface area contributed by atoms with Crippen LogP contribution < -0.4 is 11.2 Å². The molecule has 0 bridgehead atoms. The molecule has 2 aliphatic heterocycles. The predicted molar refractivity (Wildman–Crippen MR) is 112 cm³/mol. The van der Waals surface area contributed by atoms with Crippen molar-refractivity contribution in [1.82, 2.24) is 4.90 Å². The average Bonchev–Trinajstić information content (AvgIpc) is 3.09. The van der Waals surface area contributed by atoms with Gasteiger partial charge >= 0.3 is 13.2 Å². The van der Waals surface area contributed by atoms with Crippen LogP contribution in [0.1, 0.15) is 66.4 Å². The molecule has 3 rings (SSSR count). The molecule has 2 fully saturated rings. The molecule has 1 amide bonds. The second kappa shape index (κ2) is 6.96. The van der Waals surface area contributed by atoms with E-state index in [1.54, 1.807) is 4.90 Å². The fourth-order valence-electron chi connectivity index (χ4n) is 3.60. The topological polar surface area (TPSA) is 74.0 Å². The van der Waals surface area contributed by atoms with E-state index in [1.807, 2.05) is 66.7 Å². The lowest BCUT2D eigenvalue weighted by Crippen LogP contribution is -2.41. The van der Waals surface area contributed by atoms with Crippen molar-refractivity contribution in [2.45, 2.75) is 77.6 Å². The summed E-state index contributed by atoms with van der Waals surface area (Å²) in [5.41, 5.74) is 7.82. The van der Waals surface area contributed by atoms with Gasteiger partial charge in [0, 0.05) is 24.7 Å². The molecule has 7 heteroatoms. The van der Waals surface area contributed by atoms with E-state index in [4.69, 9.17) is 19.8 Å². The number of anilines is 1. The molecular weight excluding hydrogens is 355 g/mol. The summed E-state index contributed by atoms with van der Waals surface area (Å²) >= 11 is 0. The van der Waals surface area contributed by atoms with Gasteiger partial charge in [0.1, 0.15) is 5.60 Å². The standard InChI is InChI=1S/C21H33BN2O4/c1-19(2,3)26-18(25)24-11-10-14(13-24)16-9-8-15(12-17(16)23)22-27-20(4,5)21(6,7)28-22/h8-9,12,14H,10-11,13,23H2,1-7H3. The van der Waals surface area contributed by atoms with Crippen molar-refractivity contribution in [2.24, 2.45) is 0 Å². The van der Waals surface area contributed by atoms with E-state index in [-0.39, 0.29) is 23.2 Å². The van der Waals surface area contributed by atoms with Crippen LogP contribution in [0, 0.1) is 0 Å². The fourth-order valence-corrected chi connectivity index (χ4v) is 3.60. The van der Waals surface area contributed by atoms with Crippen LogP contribution in [0.25, 0.3) is 0 Å². The van der Waals surface area contributed by atoms with Gasteiger partial charge in [-0.05, 0) is 72.0 Å². The number of ether oxygens (including phenoxy) is 1. The van der Waals surface area contributed by atoms with Crippen molar-refractivity contribution in [2.75, 3.05) is 18.8 Å². The molecule has 1 atom stereocenters. The zero-order valence-corrected chi connectivity index (χ0v) is 18.2. The van der Waals surface area contributed by atoms with E-state index >= 15 is 0 Å². The first-order valence-electron chi connectivity index (χ1n) is 10.0. The summed E-state index contributed by atoms with van der Waals surface area (Å²) in [5, 5.41) is 0. The molecule has 0 radical (unpaired) electrons. The van der Waals surface area contributed by atoms with Gasteiger partial charge in [0.15, 0.2) is 0 Å². The van der Waals surface area contributed by atoms with Gasteiger partial charge < -0.3 is 24.7 Å². The first-order valence-corrected chi connectivity index (χ1v) is 10.0. The Labute approximate surface area is 168 Å². The third-order valence-electron chi connectivity index (χ3n) is 5.92. The second-order valence-corrected chi connectivity index (χ2v) is 9.89. The van der Waals surface area contributed by atoms with E-state index in [0.717, 1.165) is 17.4 Å². The quantitative estimate of drug-likeness (QED) is 0.622. The Morgan fingerprint density at radius 3 is 2.36 bits per heavy atom. The molecule has 0 aliphatic carbocycles. The Hall–Kier alpha value is -1.73. The lowest BCUT2D eigenvalue weighted by molar-refractivity contribution is 0.00578. The number of carbonyl (C=O) groups excluding carboxylic acids is 1. The van der Waals surface area contributed by atoms with Crippen LogP contribution in [0.2, 0.25) is 0 Å². The fraction of sp³-hybridized carbons (Fsp3) is 0.667. The maximum absolute atomic E-state index is 12.3. The van der Waals surface area contributed by atoms with E-state index in [9.17, 15) is 4.79 Å². The third-order valence-corrected chi connectivity index (χ3v) is 5.92. The van der Waals surface area contributed by atoms with Gasteiger partial charge in [0.2, 0.25) is 0 Å². The van der Waals surface area contributed by atoms with E-state index in [1.165, 1.54) is 0 Å². The first-order chi connectivity index (χ1) is 12.8. The Bertz CT molecular complexity index is 741. The number of nitrogen functional groups attached to an aromatic ring is 1. The zero-order chi connectivity index (χ0) is 20.9. The van der Waals surface area contributed by atoms with Crippen molar-refractivity contribution in [1.29, 1.82) is 0 Å². The van der Waals surface area contributed by atoms with E-state index in [2.05, 4.69) is 0 Å². The van der Waals surface area contributed by atoms with Crippen LogP contribution in [0.15, 0.2) is 18.2 Å². The normalized spacial score (nSPS) is 23.9. The maximum Gasteiger partial charge on any atom is 0.494 e. The number of rotatable bonds is 2. The molecule has 1 unspecified atom stereocenters. The molecular formula is C21H33BN2O4. The number of hydrogen-bond donors (Lipinski definition) is 1. The van der Waals surface area contributed by atoms with Crippen molar-refractivity contribution in [3.05, 3.63) is 23.8 Å². The lowest BCUT2D eigenvalue weighted by atomic mass is 9.77. The summed E-state index contributed by atoms with van der Waals surface area (Å²) in [7, 11) is -0.428. The van der Waals surface area contributed by atoms with Crippen LogP contribution in [-0.2, 0) is 14.0 Å². The molecule has 2 aliphatic rings. The average molecular weight is 388 g/mol. The summed E-state index contributed by atoms with van der Waals surface area (Å²) in [6.07, 6.45) is 0.613. The second-order valence-electron chi connectivity index (χ2n) is 9.89. The third kappa shape index (κ3) is 4.15. The Kier molecular flexibility index (Phi) is 5.22. The molecule has 1 aromatic carbocycles. The molecule has 6 nitrogen and oxygen atoms in total. The Morgan fingerprint density at radius 1 is 1.21 bits per heavy atom. The largest absolute Gasteiger partial charge is 0.494 e. The number of amides is 1. The van der Waals surface area contributed by atoms with Crippen molar-refractivity contribution in [3.63, 3.8) is 0 Å². The van der Waals surface area contributed by atoms with E-state index in [0.29, 0.717) is 18.8 Å². The molecule has 2 saturated heterocycles. The number of carbonyl (C=O) groups is 1. The minimum absolute atomic E-state index is 0.208. The van der Waals surface area contributed by atoms with Crippen molar-refractivity contribution >= 4 is 24.4 Å². The molecule has 28 heavy (non-hydrogen) atoms. The van der Waals surface area contributed by atoms with Gasteiger partial charge in [-0.2, -0.15) is 0 Å². The SMILES string of the molecule is CC(C)(C)OC(=O)N1CCC(c2ccc(B3OC(C)(C)C(C)(C)O3)cc2N)C1. The van der Waals surface area contributed by atoms with Gasteiger partial charge in [0.05, 0.1) is 11.2 Å². The van der Waals surface area contributed by atoms with Crippen LogP contribution >= 0.6 is 0 Å². The first kappa shape index (κ1) is 21.0. The summed E-state index contributed by atoms with van der Waals surface area (Å²) in [6.45, 7) is 15.1. The monoisotopic (exact) mass is 388 g/mol. The van der Waals surface area contributed by atoms with Gasteiger partial charge in [0.25, 0.3) is 0 Å². The molecule has 2 heterocycles. The summed E-state index contributed by atoms with van der Waals surface area (Å²) in [5.74, 6) is 0.208. The smallest absolute Gasteiger partial charge is 0.444 e. The van der Waals surface area contributed by atoms with Gasteiger partial charge in [-0.1, -0.05) is 12.1 Å². The highest BCUT2D eigenvalue weighted by Gasteiger charge is 2.51. The van der Waals surface area contributed by atoms with Crippen LogP contribution in [0.3, 0.4) is 0 Å². The minimum atomic E-state index is -0.487. The maximum atomic E-state index is 12.3. The molecule has 0 spiro atoms. The van der Waals surface area contributed by atoms with Crippen LogP contribution in [0.4, 0.5) is 10.5 Å². The lowest BCUT2D eigenvalue weighted by Gasteiger charge is -2.32. The number of benzene rings is 1. The highest BCUT2D eigenvalue weighted by Crippen LogP contribution is 2.37. The minimum Gasteiger partial charge on any atom is -0.444 e. The highest BCUT2D eigenvalue weighted by molar-refractivity contribution is 6.62. The summed E-state index contributed by atoms with van der Waals surface area (Å²) < 4.78 is 17.7. The van der Waals surface area contributed by atoms with Gasteiger partial charge in [-0.15, -0.1) is 0 Å². The molecule has 154 valence electrons. The summed E-state index contributed by atoms with van der Waals surface area (Å²) in [6, 6.07) is 6.00. The van der Waals surface area contributed by atoms with Gasteiger partial charge in [-0.25, -0.2) is 4.79 Å². The number of likely N-dealkylation sites (tertiary alicyclic amines) is 1. The predicted octanol–water partition coefficient (Wildman–Crippen LogP) is 3.29. The zero-order valence-electron chi connectivity index (χ0n) is 18.2. The van der Waals surface area contributed by atoms with Crippen molar-refractivity contribution in [3.8, 4) is 0 Å². The Balaban J connectivity index is 1.70. The number of hydrogen-bond acceptors (Lipinski definition) is 5. The van der Waals surface area contributed by atoms with Crippen LogP contribution in [0.5, 0.6) is 0 Å². The Morgan fingerprint density at radius 2 is 1.82 bits per heavy atom.